The predicted octanol–water partition coefficient (Wildman–Crippen LogP) is 2.69. The molecule has 2 aromatic rings. The van der Waals surface area contributed by atoms with Gasteiger partial charge in [-0.1, -0.05) is 12.8 Å². The van der Waals surface area contributed by atoms with E-state index in [2.05, 4.69) is 15.3 Å². The molecule has 0 spiro atoms. The van der Waals surface area contributed by atoms with E-state index in [-0.39, 0.29) is 24.7 Å². The number of aliphatic hydroxyl groups excluding tert-OH is 3. The van der Waals surface area contributed by atoms with Crippen LogP contribution in [0.3, 0.4) is 0 Å². The average molecular weight is 519 g/mol. The van der Waals surface area contributed by atoms with Crippen molar-refractivity contribution in [3.05, 3.63) is 17.5 Å². The minimum Gasteiger partial charge on any atom is -0.390 e. The van der Waals surface area contributed by atoms with Crippen molar-refractivity contribution < 1.29 is 33.7 Å². The molecular weight excluding hydrogens is 487 g/mol. The Labute approximate surface area is 202 Å². The number of aliphatic hydroxyl groups is 3. The number of anilines is 1. The van der Waals surface area contributed by atoms with Crippen LogP contribution in [0.25, 0.3) is 11.0 Å². The molecule has 2 fully saturated rings. The fraction of sp³-hybridized carbons (Fsp3) is 0.714. The number of nitrogens with zero attached hydrogens (tertiary/aromatic N) is 3. The molecule has 3 heterocycles. The van der Waals surface area contributed by atoms with Gasteiger partial charge >= 0.3 is 7.60 Å². The van der Waals surface area contributed by atoms with Gasteiger partial charge in [0.2, 0.25) is 5.28 Å². The number of hydrogen-bond acceptors (Lipinski definition) is 10. The Balaban J connectivity index is 1.57. The van der Waals surface area contributed by atoms with Gasteiger partial charge in [0.25, 0.3) is 0 Å². The summed E-state index contributed by atoms with van der Waals surface area (Å²) in [4.78, 5) is 8.65. The summed E-state index contributed by atoms with van der Waals surface area (Å²) in [5.74, 6) is 0.597. The second-order valence-corrected chi connectivity index (χ2v) is 11.0. The van der Waals surface area contributed by atoms with Gasteiger partial charge in [-0.05, 0) is 44.4 Å². The SMILES string of the molecule is CCOP(=O)(CC(O)[C@@H]1O[C@@H](n2ccc3c(NC4CCCC4)nc(Cl)nc32)[C@H](O)[C@@H]1O)OCC. The maximum absolute atomic E-state index is 12.8. The van der Waals surface area contributed by atoms with Crippen LogP contribution < -0.4 is 5.32 Å². The molecule has 2 aliphatic rings. The van der Waals surface area contributed by atoms with Gasteiger partial charge in [0.05, 0.1) is 30.9 Å². The number of aromatic nitrogens is 3. The number of ether oxygens (including phenoxy) is 1. The standard InChI is InChI=1S/C21H32ClN4O7P/c1-3-31-34(30,32-4-2)11-14(27)17-15(28)16(29)20(33-17)26-10-9-13-18(23-12-7-5-6-8-12)24-21(22)25-19(13)26/h9-10,12,14-17,20,27-29H,3-8,11H2,1-2H3,(H,23,24,25)/t14?,15-,16+,17-,20+/m0/s1. The molecule has 1 unspecified atom stereocenters. The molecule has 13 heteroatoms. The molecule has 190 valence electrons. The lowest BCUT2D eigenvalue weighted by Crippen LogP contribution is -2.40. The molecule has 4 N–H and O–H groups in total. The molecule has 0 bridgehead atoms. The van der Waals surface area contributed by atoms with Crippen LogP contribution in [-0.2, 0) is 18.3 Å². The van der Waals surface area contributed by atoms with Crippen LogP contribution in [-0.4, -0.2) is 79.7 Å². The third kappa shape index (κ3) is 5.27. The molecule has 2 aromatic heterocycles. The van der Waals surface area contributed by atoms with E-state index in [1.807, 2.05) is 0 Å². The number of hydrogen-bond donors (Lipinski definition) is 4. The fourth-order valence-corrected chi connectivity index (χ4v) is 6.59. The smallest absolute Gasteiger partial charge is 0.333 e. The summed E-state index contributed by atoms with van der Waals surface area (Å²) in [5, 5.41) is 36.2. The van der Waals surface area contributed by atoms with Crippen LogP contribution in [0.2, 0.25) is 5.28 Å². The molecule has 1 aliphatic carbocycles. The van der Waals surface area contributed by atoms with Crippen molar-refractivity contribution in [1.82, 2.24) is 14.5 Å². The van der Waals surface area contributed by atoms with Gasteiger partial charge in [0.1, 0.15) is 29.8 Å². The Morgan fingerprint density at radius 3 is 2.56 bits per heavy atom. The molecular formula is C21H32ClN4O7P. The maximum Gasteiger partial charge on any atom is 0.333 e. The van der Waals surface area contributed by atoms with Gasteiger partial charge in [-0.15, -0.1) is 0 Å². The Kier molecular flexibility index (Phi) is 8.16. The highest BCUT2D eigenvalue weighted by Gasteiger charge is 2.49. The normalized spacial score (nSPS) is 27.0. The van der Waals surface area contributed by atoms with Crippen molar-refractivity contribution in [2.75, 3.05) is 24.7 Å². The molecule has 0 aromatic carbocycles. The second-order valence-electron chi connectivity index (χ2n) is 8.60. The van der Waals surface area contributed by atoms with E-state index in [0.29, 0.717) is 22.9 Å². The van der Waals surface area contributed by atoms with Crippen LogP contribution >= 0.6 is 19.2 Å². The van der Waals surface area contributed by atoms with Crippen LogP contribution in [0.1, 0.15) is 45.8 Å². The molecule has 1 saturated carbocycles. The van der Waals surface area contributed by atoms with E-state index in [0.717, 1.165) is 25.7 Å². The lowest BCUT2D eigenvalue weighted by atomic mass is 10.1. The van der Waals surface area contributed by atoms with Gasteiger partial charge in [-0.3, -0.25) is 4.57 Å². The summed E-state index contributed by atoms with van der Waals surface area (Å²) < 4.78 is 30.7. The van der Waals surface area contributed by atoms with E-state index in [1.54, 1.807) is 30.7 Å². The molecule has 5 atom stereocenters. The van der Waals surface area contributed by atoms with Crippen molar-refractivity contribution in [2.45, 2.75) is 76.2 Å². The summed E-state index contributed by atoms with van der Waals surface area (Å²) in [6, 6.07) is 2.09. The number of fused-ring (bicyclic) bond motifs is 1. The third-order valence-corrected chi connectivity index (χ3v) is 8.53. The van der Waals surface area contributed by atoms with Crippen LogP contribution in [0.5, 0.6) is 0 Å². The zero-order valence-electron chi connectivity index (χ0n) is 19.2. The van der Waals surface area contributed by atoms with Crippen molar-refractivity contribution in [1.29, 1.82) is 0 Å². The zero-order valence-corrected chi connectivity index (χ0v) is 20.9. The number of nitrogens with one attached hydrogen (secondary N) is 1. The molecule has 0 amide bonds. The van der Waals surface area contributed by atoms with Gasteiger partial charge in [0, 0.05) is 12.2 Å². The van der Waals surface area contributed by atoms with Crippen LogP contribution in [0.4, 0.5) is 5.82 Å². The molecule has 4 rings (SSSR count). The summed E-state index contributed by atoms with van der Waals surface area (Å²) >= 11 is 6.19. The minimum atomic E-state index is -3.60. The van der Waals surface area contributed by atoms with E-state index >= 15 is 0 Å². The average Bonchev–Trinajstić information content (AvgIpc) is 3.49. The first-order valence-corrected chi connectivity index (χ1v) is 13.7. The second kappa shape index (κ2) is 10.8. The molecule has 1 saturated heterocycles. The van der Waals surface area contributed by atoms with Gasteiger partial charge < -0.3 is 39.0 Å². The van der Waals surface area contributed by atoms with Crippen molar-refractivity contribution >= 4 is 36.0 Å². The topological polar surface area (TPSA) is 148 Å². The lowest BCUT2D eigenvalue weighted by molar-refractivity contribution is -0.0778. The van der Waals surface area contributed by atoms with E-state index in [9.17, 15) is 19.9 Å². The Morgan fingerprint density at radius 1 is 1.24 bits per heavy atom. The van der Waals surface area contributed by atoms with Gasteiger partial charge in [0.15, 0.2) is 6.23 Å². The van der Waals surface area contributed by atoms with Gasteiger partial charge in [-0.25, -0.2) is 4.98 Å². The summed E-state index contributed by atoms with van der Waals surface area (Å²) in [6.45, 7) is 3.60. The molecule has 11 nitrogen and oxygen atoms in total. The van der Waals surface area contributed by atoms with E-state index in [1.165, 1.54) is 0 Å². The highest BCUT2D eigenvalue weighted by Crippen LogP contribution is 2.49. The maximum atomic E-state index is 12.8. The van der Waals surface area contributed by atoms with E-state index < -0.39 is 38.2 Å². The molecule has 34 heavy (non-hydrogen) atoms. The first-order chi connectivity index (χ1) is 16.3. The first kappa shape index (κ1) is 25.8. The lowest BCUT2D eigenvalue weighted by Gasteiger charge is -2.25. The van der Waals surface area contributed by atoms with Crippen molar-refractivity contribution in [2.24, 2.45) is 0 Å². The molecule has 0 radical (unpaired) electrons. The Morgan fingerprint density at radius 2 is 1.91 bits per heavy atom. The van der Waals surface area contributed by atoms with Crippen LogP contribution in [0.15, 0.2) is 12.3 Å². The fourth-order valence-electron chi connectivity index (χ4n) is 4.69. The van der Waals surface area contributed by atoms with Gasteiger partial charge in [-0.2, -0.15) is 4.98 Å². The van der Waals surface area contributed by atoms with Crippen LogP contribution in [0, 0.1) is 0 Å². The predicted molar refractivity (Wildman–Crippen MR) is 126 cm³/mol. The van der Waals surface area contributed by atoms with E-state index in [4.69, 9.17) is 25.4 Å². The summed E-state index contributed by atoms with van der Waals surface area (Å²) in [7, 11) is -3.60. The Bertz CT molecular complexity index is 1020. The summed E-state index contributed by atoms with van der Waals surface area (Å²) in [5.41, 5.74) is 0.418. The largest absolute Gasteiger partial charge is 0.390 e. The minimum absolute atomic E-state index is 0.0342. The monoisotopic (exact) mass is 518 g/mol. The third-order valence-electron chi connectivity index (χ3n) is 6.23. The molecule has 1 aliphatic heterocycles. The zero-order chi connectivity index (χ0) is 24.5. The number of halogens is 1. The number of rotatable bonds is 10. The first-order valence-electron chi connectivity index (χ1n) is 11.6. The quantitative estimate of drug-likeness (QED) is 0.273. The van der Waals surface area contributed by atoms with Crippen molar-refractivity contribution in [3.8, 4) is 0 Å². The highest BCUT2D eigenvalue weighted by molar-refractivity contribution is 7.53. The Hall–Kier alpha value is -1.30. The highest BCUT2D eigenvalue weighted by atomic mass is 35.5. The summed E-state index contributed by atoms with van der Waals surface area (Å²) in [6.07, 6.45) is -0.818. The van der Waals surface area contributed by atoms with Crippen molar-refractivity contribution in [3.63, 3.8) is 0 Å².